The zero-order chi connectivity index (χ0) is 21.0. The van der Waals surface area contributed by atoms with Gasteiger partial charge in [0.2, 0.25) is 5.91 Å². The van der Waals surface area contributed by atoms with E-state index in [1.807, 2.05) is 0 Å². The summed E-state index contributed by atoms with van der Waals surface area (Å²) in [6.07, 6.45) is 13.2. The lowest BCUT2D eigenvalue weighted by molar-refractivity contribution is -0.128. The van der Waals surface area contributed by atoms with Gasteiger partial charge in [-0.05, 0) is 55.9 Å². The van der Waals surface area contributed by atoms with E-state index < -0.39 is 12.2 Å². The Morgan fingerprint density at radius 3 is 2.69 bits per heavy atom. The molecule has 5 atom stereocenters. The third-order valence-electron chi connectivity index (χ3n) is 7.32. The molecule has 164 valence electrons. The zero-order valence-corrected chi connectivity index (χ0v) is 18.1. The van der Waals surface area contributed by atoms with Crippen molar-refractivity contribution < 1.29 is 20.1 Å². The van der Waals surface area contributed by atoms with Crippen LogP contribution in [0.5, 0.6) is 0 Å². The second-order valence-corrected chi connectivity index (χ2v) is 9.74. The molecule has 2 saturated carbocycles. The highest BCUT2D eigenvalue weighted by atomic mass is 16.3. The molecule has 5 nitrogen and oxygen atoms in total. The molecular weight excluding hydrogens is 366 g/mol. The molecular formula is C24H39NO4. The van der Waals surface area contributed by atoms with E-state index in [4.69, 9.17) is 0 Å². The fraction of sp³-hybridized carbons (Fsp3) is 0.792. The lowest BCUT2D eigenvalue weighted by atomic mass is 9.84. The number of unbranched alkanes of at least 4 members (excludes halogenated alkanes) is 1. The molecule has 0 spiro atoms. The van der Waals surface area contributed by atoms with Crippen LogP contribution >= 0.6 is 0 Å². The quantitative estimate of drug-likeness (QED) is 0.308. The number of aliphatic hydroxyl groups is 3. The Kier molecular flexibility index (Phi) is 7.80. The van der Waals surface area contributed by atoms with Crippen molar-refractivity contribution in [3.05, 3.63) is 23.5 Å². The predicted molar refractivity (Wildman–Crippen MR) is 114 cm³/mol. The van der Waals surface area contributed by atoms with Crippen LogP contribution in [0.1, 0.15) is 70.6 Å². The summed E-state index contributed by atoms with van der Waals surface area (Å²) >= 11 is 0. The smallest absolute Gasteiger partial charge is 0.222 e. The van der Waals surface area contributed by atoms with E-state index in [1.165, 1.54) is 18.4 Å². The summed E-state index contributed by atoms with van der Waals surface area (Å²) in [5, 5.41) is 31.6. The summed E-state index contributed by atoms with van der Waals surface area (Å²) in [4.78, 5) is 13.3. The molecule has 3 N–H and O–H groups in total. The monoisotopic (exact) mass is 405 g/mol. The minimum absolute atomic E-state index is 0.178. The predicted octanol–water partition coefficient (Wildman–Crippen LogP) is 3.96. The minimum Gasteiger partial charge on any atom is -0.513 e. The highest BCUT2D eigenvalue weighted by molar-refractivity contribution is 5.75. The fourth-order valence-electron chi connectivity index (χ4n) is 5.74. The SMILES string of the molecule is CN(C)C(=O)CCCCC1=C[C@H]2C[C@@H](O)[C@H](C(O)C=C(O)CC3CCCC3)[C@H]2C1. The summed E-state index contributed by atoms with van der Waals surface area (Å²) in [7, 11) is 3.58. The van der Waals surface area contributed by atoms with Gasteiger partial charge in [-0.2, -0.15) is 0 Å². The van der Waals surface area contributed by atoms with Gasteiger partial charge < -0.3 is 20.2 Å². The van der Waals surface area contributed by atoms with Gasteiger partial charge in [0.25, 0.3) is 0 Å². The van der Waals surface area contributed by atoms with Crippen molar-refractivity contribution in [2.24, 2.45) is 23.7 Å². The van der Waals surface area contributed by atoms with Crippen LogP contribution in [0, 0.1) is 23.7 Å². The van der Waals surface area contributed by atoms with Gasteiger partial charge in [0.1, 0.15) is 0 Å². The van der Waals surface area contributed by atoms with E-state index in [-0.39, 0.29) is 23.5 Å². The Morgan fingerprint density at radius 1 is 1.28 bits per heavy atom. The first-order chi connectivity index (χ1) is 13.8. The van der Waals surface area contributed by atoms with Gasteiger partial charge in [0.15, 0.2) is 0 Å². The molecule has 1 unspecified atom stereocenters. The summed E-state index contributed by atoms with van der Waals surface area (Å²) in [5.41, 5.74) is 1.40. The normalized spacial score (nSPS) is 31.0. The van der Waals surface area contributed by atoms with E-state index in [2.05, 4.69) is 6.08 Å². The van der Waals surface area contributed by atoms with E-state index in [1.54, 1.807) is 25.1 Å². The number of rotatable bonds is 9. The van der Waals surface area contributed by atoms with Crippen LogP contribution in [-0.2, 0) is 4.79 Å². The van der Waals surface area contributed by atoms with Gasteiger partial charge in [-0.25, -0.2) is 0 Å². The zero-order valence-electron chi connectivity index (χ0n) is 18.1. The Labute approximate surface area is 175 Å². The number of hydrogen-bond acceptors (Lipinski definition) is 4. The lowest BCUT2D eigenvalue weighted by Gasteiger charge is -2.25. The summed E-state index contributed by atoms with van der Waals surface area (Å²) < 4.78 is 0. The van der Waals surface area contributed by atoms with E-state index in [0.29, 0.717) is 31.1 Å². The Balaban J connectivity index is 1.48. The van der Waals surface area contributed by atoms with Crippen molar-refractivity contribution in [2.45, 2.75) is 82.8 Å². The molecule has 2 fully saturated rings. The molecule has 0 heterocycles. The molecule has 29 heavy (non-hydrogen) atoms. The van der Waals surface area contributed by atoms with Crippen molar-refractivity contribution >= 4 is 5.91 Å². The molecule has 0 saturated heterocycles. The average molecular weight is 406 g/mol. The molecule has 3 aliphatic carbocycles. The molecule has 0 radical (unpaired) electrons. The first-order valence-electron chi connectivity index (χ1n) is 11.5. The number of aliphatic hydroxyl groups excluding tert-OH is 3. The molecule has 3 rings (SSSR count). The molecule has 0 aromatic heterocycles. The van der Waals surface area contributed by atoms with Crippen LogP contribution in [0.4, 0.5) is 0 Å². The van der Waals surface area contributed by atoms with Gasteiger partial charge in [-0.3, -0.25) is 4.79 Å². The molecule has 1 amide bonds. The van der Waals surface area contributed by atoms with Crippen LogP contribution < -0.4 is 0 Å². The number of carbonyl (C=O) groups excluding carboxylic acids is 1. The number of amides is 1. The van der Waals surface area contributed by atoms with Crippen molar-refractivity contribution in [1.29, 1.82) is 0 Å². The van der Waals surface area contributed by atoms with Gasteiger partial charge >= 0.3 is 0 Å². The number of nitrogens with zero attached hydrogens (tertiary/aromatic N) is 1. The standard InChI is InChI=1S/C24H39NO4/c1-25(2)23(29)10-6-5-9-17-11-18-14-21(27)24(20(18)13-17)22(28)15-19(26)12-16-7-3-4-8-16/h11,15-16,18,20-22,24,26-28H,3-10,12-14H2,1-2H3/t18-,20-,21+,22?,24+/m0/s1. The summed E-state index contributed by atoms with van der Waals surface area (Å²) in [6.45, 7) is 0. The van der Waals surface area contributed by atoms with Gasteiger partial charge in [-0.1, -0.05) is 37.3 Å². The van der Waals surface area contributed by atoms with Crippen molar-refractivity contribution in [3.8, 4) is 0 Å². The Morgan fingerprint density at radius 2 is 2.00 bits per heavy atom. The number of carbonyl (C=O) groups is 1. The molecule has 0 aromatic rings. The second kappa shape index (κ2) is 10.1. The average Bonchev–Trinajstić information content (AvgIpc) is 3.34. The van der Waals surface area contributed by atoms with Crippen LogP contribution in [0.2, 0.25) is 0 Å². The second-order valence-electron chi connectivity index (χ2n) is 9.74. The van der Waals surface area contributed by atoms with Crippen LogP contribution in [0.15, 0.2) is 23.5 Å². The molecule has 3 aliphatic rings. The highest BCUT2D eigenvalue weighted by Gasteiger charge is 2.47. The highest BCUT2D eigenvalue weighted by Crippen LogP contribution is 2.49. The first kappa shape index (κ1) is 22.4. The number of allylic oxidation sites excluding steroid dienone is 3. The number of hydrogen-bond donors (Lipinski definition) is 3. The first-order valence-corrected chi connectivity index (χ1v) is 11.5. The summed E-state index contributed by atoms with van der Waals surface area (Å²) in [6, 6.07) is 0. The summed E-state index contributed by atoms with van der Waals surface area (Å²) in [5.74, 6) is 1.39. The molecule has 5 heteroatoms. The third kappa shape index (κ3) is 5.85. The third-order valence-corrected chi connectivity index (χ3v) is 7.32. The Bertz CT molecular complexity index is 620. The van der Waals surface area contributed by atoms with Crippen LogP contribution in [0.3, 0.4) is 0 Å². The van der Waals surface area contributed by atoms with Gasteiger partial charge in [0.05, 0.1) is 18.0 Å². The maximum atomic E-state index is 11.7. The van der Waals surface area contributed by atoms with Gasteiger partial charge in [-0.15, -0.1) is 0 Å². The fourth-order valence-corrected chi connectivity index (χ4v) is 5.74. The largest absolute Gasteiger partial charge is 0.513 e. The molecule has 0 aliphatic heterocycles. The molecule has 0 bridgehead atoms. The van der Waals surface area contributed by atoms with Crippen molar-refractivity contribution in [1.82, 2.24) is 4.90 Å². The van der Waals surface area contributed by atoms with Crippen molar-refractivity contribution in [3.63, 3.8) is 0 Å². The van der Waals surface area contributed by atoms with Crippen LogP contribution in [0.25, 0.3) is 0 Å². The number of fused-ring (bicyclic) bond motifs is 1. The van der Waals surface area contributed by atoms with E-state index in [9.17, 15) is 20.1 Å². The van der Waals surface area contributed by atoms with E-state index >= 15 is 0 Å². The topological polar surface area (TPSA) is 81.0 Å². The van der Waals surface area contributed by atoms with E-state index in [0.717, 1.165) is 38.5 Å². The van der Waals surface area contributed by atoms with Crippen LogP contribution in [-0.4, -0.2) is 52.4 Å². The van der Waals surface area contributed by atoms with Gasteiger partial charge in [0, 0.05) is 32.9 Å². The minimum atomic E-state index is -0.785. The molecule has 0 aromatic carbocycles. The Hall–Kier alpha value is -1.33. The maximum Gasteiger partial charge on any atom is 0.222 e. The maximum absolute atomic E-state index is 11.7. The lowest BCUT2D eigenvalue weighted by Crippen LogP contribution is -2.31. The van der Waals surface area contributed by atoms with Crippen molar-refractivity contribution in [2.75, 3.05) is 14.1 Å².